The van der Waals surface area contributed by atoms with E-state index in [1.807, 2.05) is 24.3 Å². The van der Waals surface area contributed by atoms with Crippen LogP contribution in [0.3, 0.4) is 0 Å². The van der Waals surface area contributed by atoms with Crippen molar-refractivity contribution in [2.75, 3.05) is 19.7 Å². The zero-order valence-electron chi connectivity index (χ0n) is 11.9. The molecule has 0 N–H and O–H groups in total. The predicted octanol–water partition coefficient (Wildman–Crippen LogP) is 3.14. The Hall–Kier alpha value is -1.35. The standard InChI is InChI=1S/C16H23NO2/c1-13-5-3-10-17(13)11-4-12-19-16-8-6-15(7-9-16)14(2)18/h6-9,13H,3-5,10-12H2,1-2H3/t13-/m1/s1. The fourth-order valence-corrected chi connectivity index (χ4v) is 2.57. The molecule has 19 heavy (non-hydrogen) atoms. The van der Waals surface area contributed by atoms with E-state index in [4.69, 9.17) is 4.74 Å². The quantitative estimate of drug-likeness (QED) is 0.582. The summed E-state index contributed by atoms with van der Waals surface area (Å²) >= 11 is 0. The van der Waals surface area contributed by atoms with Crippen LogP contribution in [0.15, 0.2) is 24.3 Å². The molecule has 3 nitrogen and oxygen atoms in total. The number of benzene rings is 1. The third-order valence-corrected chi connectivity index (χ3v) is 3.81. The van der Waals surface area contributed by atoms with E-state index in [-0.39, 0.29) is 5.78 Å². The number of ether oxygens (including phenoxy) is 1. The van der Waals surface area contributed by atoms with Gasteiger partial charge in [0.25, 0.3) is 0 Å². The van der Waals surface area contributed by atoms with Crippen molar-refractivity contribution < 1.29 is 9.53 Å². The lowest BCUT2D eigenvalue weighted by Crippen LogP contribution is -2.28. The molecule has 0 amide bonds. The first-order valence-corrected chi connectivity index (χ1v) is 7.14. The molecule has 0 aromatic heterocycles. The van der Waals surface area contributed by atoms with Gasteiger partial charge in [-0.15, -0.1) is 0 Å². The van der Waals surface area contributed by atoms with Gasteiger partial charge in [-0.2, -0.15) is 0 Å². The molecule has 0 saturated carbocycles. The van der Waals surface area contributed by atoms with Crippen molar-refractivity contribution in [3.8, 4) is 5.75 Å². The van der Waals surface area contributed by atoms with Crippen molar-refractivity contribution in [2.24, 2.45) is 0 Å². The lowest BCUT2D eigenvalue weighted by atomic mass is 10.1. The van der Waals surface area contributed by atoms with Crippen LogP contribution in [0.4, 0.5) is 0 Å². The molecule has 1 aliphatic heterocycles. The number of ketones is 1. The second-order valence-electron chi connectivity index (χ2n) is 5.31. The molecule has 0 spiro atoms. The highest BCUT2D eigenvalue weighted by Crippen LogP contribution is 2.17. The number of Topliss-reactive ketones (excluding diaryl/α,β-unsaturated/α-hetero) is 1. The number of rotatable bonds is 6. The molecule has 1 aliphatic rings. The first-order valence-electron chi connectivity index (χ1n) is 7.14. The predicted molar refractivity (Wildman–Crippen MR) is 76.8 cm³/mol. The summed E-state index contributed by atoms with van der Waals surface area (Å²) in [5, 5.41) is 0. The molecule has 0 unspecified atom stereocenters. The number of hydrogen-bond acceptors (Lipinski definition) is 3. The van der Waals surface area contributed by atoms with Crippen molar-refractivity contribution >= 4 is 5.78 Å². The summed E-state index contributed by atoms with van der Waals surface area (Å²) in [6.45, 7) is 6.96. The van der Waals surface area contributed by atoms with Gasteiger partial charge in [0.15, 0.2) is 5.78 Å². The fourth-order valence-electron chi connectivity index (χ4n) is 2.57. The molecule has 1 aromatic carbocycles. The fraction of sp³-hybridized carbons (Fsp3) is 0.562. The van der Waals surface area contributed by atoms with E-state index in [2.05, 4.69) is 11.8 Å². The first kappa shape index (κ1) is 14.1. The lowest BCUT2D eigenvalue weighted by Gasteiger charge is -2.20. The normalized spacial score (nSPS) is 19.6. The van der Waals surface area contributed by atoms with Crippen molar-refractivity contribution in [2.45, 2.75) is 39.2 Å². The number of nitrogens with zero attached hydrogens (tertiary/aromatic N) is 1. The Morgan fingerprint density at radius 1 is 1.37 bits per heavy atom. The zero-order chi connectivity index (χ0) is 13.7. The SMILES string of the molecule is CC(=O)c1ccc(OCCCN2CCC[C@H]2C)cc1. The Morgan fingerprint density at radius 2 is 2.11 bits per heavy atom. The van der Waals surface area contributed by atoms with Gasteiger partial charge >= 0.3 is 0 Å². The highest BCUT2D eigenvalue weighted by atomic mass is 16.5. The number of carbonyl (C=O) groups is 1. The van der Waals surface area contributed by atoms with Crippen LogP contribution in [-0.4, -0.2) is 36.4 Å². The van der Waals surface area contributed by atoms with E-state index in [0.717, 1.165) is 36.9 Å². The Morgan fingerprint density at radius 3 is 2.68 bits per heavy atom. The van der Waals surface area contributed by atoms with Crippen molar-refractivity contribution in [3.63, 3.8) is 0 Å². The van der Waals surface area contributed by atoms with E-state index in [0.29, 0.717) is 0 Å². The first-order chi connectivity index (χ1) is 9.16. The van der Waals surface area contributed by atoms with Gasteiger partial charge in [-0.1, -0.05) is 0 Å². The molecule has 1 fully saturated rings. The summed E-state index contributed by atoms with van der Waals surface area (Å²) in [7, 11) is 0. The minimum atomic E-state index is 0.0922. The van der Waals surface area contributed by atoms with Crippen LogP contribution in [0.2, 0.25) is 0 Å². The molecule has 0 bridgehead atoms. The molecular formula is C16H23NO2. The Balaban J connectivity index is 1.69. The van der Waals surface area contributed by atoms with Crippen molar-refractivity contribution in [1.82, 2.24) is 4.90 Å². The van der Waals surface area contributed by atoms with Crippen LogP contribution < -0.4 is 4.74 Å². The highest BCUT2D eigenvalue weighted by molar-refractivity contribution is 5.94. The molecule has 1 atom stereocenters. The third-order valence-electron chi connectivity index (χ3n) is 3.81. The maximum Gasteiger partial charge on any atom is 0.159 e. The summed E-state index contributed by atoms with van der Waals surface area (Å²) in [4.78, 5) is 13.7. The van der Waals surface area contributed by atoms with E-state index in [1.54, 1.807) is 6.92 Å². The second kappa shape index (κ2) is 6.71. The summed E-state index contributed by atoms with van der Waals surface area (Å²) in [5.41, 5.74) is 0.734. The molecule has 1 saturated heterocycles. The number of likely N-dealkylation sites (tertiary alicyclic amines) is 1. The summed E-state index contributed by atoms with van der Waals surface area (Å²) in [5.74, 6) is 0.939. The molecule has 0 radical (unpaired) electrons. The third kappa shape index (κ3) is 4.06. The average Bonchev–Trinajstić information content (AvgIpc) is 2.81. The van der Waals surface area contributed by atoms with E-state index in [1.165, 1.54) is 19.4 Å². The molecule has 104 valence electrons. The van der Waals surface area contributed by atoms with Crippen LogP contribution in [0.1, 0.15) is 43.5 Å². The molecule has 2 rings (SSSR count). The van der Waals surface area contributed by atoms with Gasteiger partial charge in [-0.25, -0.2) is 0 Å². The van der Waals surface area contributed by atoms with Crippen LogP contribution in [0.25, 0.3) is 0 Å². The summed E-state index contributed by atoms with van der Waals surface area (Å²) < 4.78 is 5.70. The Bertz CT molecular complexity index is 413. The van der Waals surface area contributed by atoms with Crippen LogP contribution in [-0.2, 0) is 0 Å². The zero-order valence-corrected chi connectivity index (χ0v) is 11.9. The highest BCUT2D eigenvalue weighted by Gasteiger charge is 2.18. The second-order valence-corrected chi connectivity index (χ2v) is 5.31. The van der Waals surface area contributed by atoms with E-state index in [9.17, 15) is 4.79 Å². The minimum absolute atomic E-state index is 0.0922. The lowest BCUT2D eigenvalue weighted by molar-refractivity contribution is 0.101. The van der Waals surface area contributed by atoms with Gasteiger partial charge in [-0.05, 0) is 63.9 Å². The van der Waals surface area contributed by atoms with Gasteiger partial charge in [0.05, 0.1) is 6.61 Å². The van der Waals surface area contributed by atoms with Crippen molar-refractivity contribution in [3.05, 3.63) is 29.8 Å². The molecule has 1 heterocycles. The molecule has 1 aromatic rings. The Labute approximate surface area is 115 Å². The van der Waals surface area contributed by atoms with Gasteiger partial charge in [0.2, 0.25) is 0 Å². The van der Waals surface area contributed by atoms with Gasteiger partial charge in [0, 0.05) is 18.2 Å². The largest absolute Gasteiger partial charge is 0.494 e. The van der Waals surface area contributed by atoms with E-state index >= 15 is 0 Å². The number of hydrogen-bond donors (Lipinski definition) is 0. The van der Waals surface area contributed by atoms with Crippen LogP contribution in [0, 0.1) is 0 Å². The molecular weight excluding hydrogens is 238 g/mol. The monoisotopic (exact) mass is 261 g/mol. The van der Waals surface area contributed by atoms with E-state index < -0.39 is 0 Å². The van der Waals surface area contributed by atoms with Gasteiger partial charge in [0.1, 0.15) is 5.75 Å². The summed E-state index contributed by atoms with van der Waals surface area (Å²) in [6.07, 6.45) is 3.71. The minimum Gasteiger partial charge on any atom is -0.494 e. The molecule has 3 heteroatoms. The maximum atomic E-state index is 11.1. The van der Waals surface area contributed by atoms with Crippen LogP contribution in [0.5, 0.6) is 5.75 Å². The van der Waals surface area contributed by atoms with Gasteiger partial charge < -0.3 is 9.64 Å². The molecule has 0 aliphatic carbocycles. The van der Waals surface area contributed by atoms with Crippen LogP contribution >= 0.6 is 0 Å². The number of carbonyl (C=O) groups excluding carboxylic acids is 1. The summed E-state index contributed by atoms with van der Waals surface area (Å²) in [6, 6.07) is 8.11. The smallest absolute Gasteiger partial charge is 0.159 e. The topological polar surface area (TPSA) is 29.5 Å². The Kier molecular flexibility index (Phi) is 4.97. The van der Waals surface area contributed by atoms with Gasteiger partial charge in [-0.3, -0.25) is 4.79 Å². The maximum absolute atomic E-state index is 11.1. The van der Waals surface area contributed by atoms with Crippen molar-refractivity contribution in [1.29, 1.82) is 0 Å². The average molecular weight is 261 g/mol.